The molecule has 7 nitrogen and oxygen atoms in total. The summed E-state index contributed by atoms with van der Waals surface area (Å²) in [4.78, 5) is 12.3. The van der Waals surface area contributed by atoms with Crippen LogP contribution in [0.25, 0.3) is 6.08 Å². The first kappa shape index (κ1) is 22.3. The zero-order chi connectivity index (χ0) is 22.8. The number of methoxy groups -OCH3 is 2. The Labute approximate surface area is 199 Å². The summed E-state index contributed by atoms with van der Waals surface area (Å²) in [5.41, 5.74) is 3.30. The van der Waals surface area contributed by atoms with Crippen LogP contribution in [0.3, 0.4) is 0 Å². The van der Waals surface area contributed by atoms with Crippen molar-refractivity contribution >= 4 is 23.1 Å². The van der Waals surface area contributed by atoms with Gasteiger partial charge in [-0.2, -0.15) is 0 Å². The van der Waals surface area contributed by atoms with Crippen molar-refractivity contribution in [3.63, 3.8) is 0 Å². The van der Waals surface area contributed by atoms with Gasteiger partial charge in [-0.3, -0.25) is 9.80 Å². The van der Waals surface area contributed by atoms with Crippen molar-refractivity contribution in [2.75, 3.05) is 60.1 Å². The van der Waals surface area contributed by atoms with E-state index in [9.17, 15) is 0 Å². The number of hydrogen-bond donors (Lipinski definition) is 0. The van der Waals surface area contributed by atoms with Crippen LogP contribution in [0.1, 0.15) is 17.4 Å². The number of hydrogen-bond acceptors (Lipinski definition) is 8. The van der Waals surface area contributed by atoms with Crippen LogP contribution in [0, 0.1) is 5.92 Å². The average molecular weight is 470 g/mol. The summed E-state index contributed by atoms with van der Waals surface area (Å²) in [6.45, 7) is 8.89. The van der Waals surface area contributed by atoms with E-state index in [-0.39, 0.29) is 12.0 Å². The molecule has 0 aliphatic carbocycles. The predicted molar refractivity (Wildman–Crippen MR) is 131 cm³/mol. The first-order valence-corrected chi connectivity index (χ1v) is 12.3. The fourth-order valence-electron chi connectivity index (χ4n) is 4.80. The van der Waals surface area contributed by atoms with Crippen molar-refractivity contribution in [1.29, 1.82) is 0 Å². The Kier molecular flexibility index (Phi) is 6.57. The van der Waals surface area contributed by atoms with Gasteiger partial charge in [0, 0.05) is 55.8 Å². The van der Waals surface area contributed by atoms with E-state index < -0.39 is 0 Å². The Morgan fingerprint density at radius 2 is 1.91 bits per heavy atom. The normalized spacial score (nSPS) is 23.2. The zero-order valence-corrected chi connectivity index (χ0v) is 20.3. The third kappa shape index (κ3) is 4.74. The second kappa shape index (κ2) is 9.75. The fourth-order valence-corrected chi connectivity index (χ4v) is 5.54. The Balaban J connectivity index is 1.16. The van der Waals surface area contributed by atoms with E-state index in [1.165, 1.54) is 10.5 Å². The molecule has 0 spiro atoms. The number of fused-ring (bicyclic) bond motifs is 3. The first-order valence-electron chi connectivity index (χ1n) is 11.4. The van der Waals surface area contributed by atoms with Gasteiger partial charge in [-0.25, -0.2) is 0 Å². The lowest BCUT2D eigenvalue weighted by molar-refractivity contribution is 0.0101. The van der Waals surface area contributed by atoms with Gasteiger partial charge < -0.3 is 19.0 Å². The van der Waals surface area contributed by atoms with Crippen LogP contribution < -0.4 is 14.2 Å². The highest BCUT2D eigenvalue weighted by atomic mass is 32.1. The van der Waals surface area contributed by atoms with Crippen molar-refractivity contribution in [1.82, 2.24) is 9.80 Å². The van der Waals surface area contributed by atoms with Gasteiger partial charge >= 0.3 is 0 Å². The van der Waals surface area contributed by atoms with Gasteiger partial charge in [0.05, 0.1) is 20.1 Å². The third-order valence-corrected chi connectivity index (χ3v) is 7.39. The minimum Gasteiger partial charge on any atom is -0.493 e. The van der Waals surface area contributed by atoms with E-state index in [1.54, 1.807) is 25.6 Å². The second-order valence-electron chi connectivity index (χ2n) is 8.82. The average Bonchev–Trinajstić information content (AvgIpc) is 3.49. The van der Waals surface area contributed by atoms with Gasteiger partial charge in [-0.05, 0) is 30.5 Å². The molecule has 0 saturated carbocycles. The molecule has 0 radical (unpaired) electrons. The Morgan fingerprint density at radius 1 is 1.15 bits per heavy atom. The highest BCUT2D eigenvalue weighted by Crippen LogP contribution is 2.40. The fraction of sp³-hybridized carbons (Fsp3) is 0.480. The van der Waals surface area contributed by atoms with E-state index in [0.717, 1.165) is 56.3 Å². The van der Waals surface area contributed by atoms with E-state index in [0.29, 0.717) is 18.1 Å². The number of thiophene rings is 1. The quantitative estimate of drug-likeness (QED) is 0.618. The number of piperazine rings is 1. The molecule has 3 aliphatic rings. The van der Waals surface area contributed by atoms with Crippen LogP contribution in [-0.2, 0) is 4.84 Å². The van der Waals surface area contributed by atoms with Crippen molar-refractivity contribution in [2.24, 2.45) is 11.1 Å². The number of benzene rings is 1. The maximum absolute atomic E-state index is 6.07. The van der Waals surface area contributed by atoms with Gasteiger partial charge in [0.25, 0.3) is 0 Å². The molecule has 2 aromatic rings. The minimum atomic E-state index is 0.00765. The molecule has 8 heteroatoms. The summed E-state index contributed by atoms with van der Waals surface area (Å²) in [5.74, 6) is 2.23. The molecule has 0 amide bonds. The van der Waals surface area contributed by atoms with Crippen LogP contribution in [0.5, 0.6) is 17.2 Å². The summed E-state index contributed by atoms with van der Waals surface area (Å²) < 4.78 is 17.0. The molecule has 1 saturated heterocycles. The number of nitrogens with zero attached hydrogens (tertiary/aromatic N) is 3. The summed E-state index contributed by atoms with van der Waals surface area (Å²) in [6, 6.07) is 8.08. The SMILES string of the molecule is COc1cc2c(cc1OC)C1=NO[C@@H](CN3CCN(C/C(C)=C/c4cccs4)CC3)[C@@H]1CO2. The van der Waals surface area contributed by atoms with Gasteiger partial charge in [0.2, 0.25) is 0 Å². The van der Waals surface area contributed by atoms with Gasteiger partial charge in [-0.1, -0.05) is 16.8 Å². The summed E-state index contributed by atoms with van der Waals surface area (Å²) in [5, 5.41) is 6.59. The molecule has 0 unspecified atom stereocenters. The smallest absolute Gasteiger partial charge is 0.164 e. The molecule has 3 aliphatic heterocycles. The summed E-state index contributed by atoms with van der Waals surface area (Å²) in [6.07, 6.45) is 2.31. The summed E-state index contributed by atoms with van der Waals surface area (Å²) in [7, 11) is 3.27. The lowest BCUT2D eigenvalue weighted by Gasteiger charge is -2.36. The first-order chi connectivity index (χ1) is 16.1. The van der Waals surface area contributed by atoms with Crippen molar-refractivity contribution in [3.8, 4) is 17.2 Å². The molecule has 176 valence electrons. The molecule has 5 rings (SSSR count). The van der Waals surface area contributed by atoms with Crippen LogP contribution >= 0.6 is 11.3 Å². The molecule has 1 fully saturated rings. The molecule has 33 heavy (non-hydrogen) atoms. The minimum absolute atomic E-state index is 0.00765. The molecule has 4 heterocycles. The van der Waals surface area contributed by atoms with Crippen LogP contribution in [0.2, 0.25) is 0 Å². The van der Waals surface area contributed by atoms with E-state index in [1.807, 2.05) is 12.1 Å². The molecule has 2 atom stereocenters. The summed E-state index contributed by atoms with van der Waals surface area (Å²) >= 11 is 1.79. The molecular weight excluding hydrogens is 438 g/mol. The van der Waals surface area contributed by atoms with Gasteiger partial charge in [-0.15, -0.1) is 11.3 Å². The zero-order valence-electron chi connectivity index (χ0n) is 19.5. The Bertz CT molecular complexity index is 1030. The second-order valence-corrected chi connectivity index (χ2v) is 9.80. The predicted octanol–water partition coefficient (Wildman–Crippen LogP) is 3.60. The molecule has 1 aromatic carbocycles. The highest BCUT2D eigenvalue weighted by Gasteiger charge is 2.41. The van der Waals surface area contributed by atoms with E-state index in [2.05, 4.69) is 45.5 Å². The van der Waals surface area contributed by atoms with E-state index in [4.69, 9.17) is 19.0 Å². The van der Waals surface area contributed by atoms with Crippen LogP contribution in [0.4, 0.5) is 0 Å². The van der Waals surface area contributed by atoms with Crippen molar-refractivity contribution in [2.45, 2.75) is 13.0 Å². The van der Waals surface area contributed by atoms with Crippen LogP contribution in [-0.4, -0.2) is 81.7 Å². The number of oxime groups is 1. The molecule has 0 N–H and O–H groups in total. The van der Waals surface area contributed by atoms with Gasteiger partial charge in [0.1, 0.15) is 18.1 Å². The Morgan fingerprint density at radius 3 is 2.64 bits per heavy atom. The third-order valence-electron chi connectivity index (χ3n) is 6.57. The van der Waals surface area contributed by atoms with Crippen LogP contribution in [0.15, 0.2) is 40.4 Å². The molecule has 1 aromatic heterocycles. The monoisotopic (exact) mass is 469 g/mol. The van der Waals surface area contributed by atoms with Crippen molar-refractivity contribution in [3.05, 3.63) is 45.7 Å². The van der Waals surface area contributed by atoms with Crippen molar-refractivity contribution < 1.29 is 19.0 Å². The largest absolute Gasteiger partial charge is 0.493 e. The standard InChI is InChI=1S/C25H31N3O4S/c1-17(11-18-5-4-10-33-18)14-27-6-8-28(9-7-27)15-24-20-16-31-21-13-23(30-3)22(29-2)12-19(21)25(20)26-32-24/h4-5,10-13,20,24H,6-9,14-16H2,1-3H3/b17-11+/t20-,24-/m0/s1. The number of ether oxygens (including phenoxy) is 3. The highest BCUT2D eigenvalue weighted by molar-refractivity contribution is 7.10. The maximum atomic E-state index is 6.07. The Hall–Kier alpha value is -2.55. The maximum Gasteiger partial charge on any atom is 0.164 e. The number of rotatable bonds is 7. The molecule has 0 bridgehead atoms. The van der Waals surface area contributed by atoms with Gasteiger partial charge in [0.15, 0.2) is 17.6 Å². The molecular formula is C25H31N3O4S. The topological polar surface area (TPSA) is 55.8 Å². The lowest BCUT2D eigenvalue weighted by atomic mass is 9.90. The van der Waals surface area contributed by atoms with E-state index >= 15 is 0 Å². The lowest BCUT2D eigenvalue weighted by Crippen LogP contribution is -2.50.